The lowest BCUT2D eigenvalue weighted by atomic mass is 9.53. The number of nitrogens with two attached hydrogens (primary N) is 1. The molecule has 3 aliphatic rings. The Morgan fingerprint density at radius 1 is 0.900 bits per heavy atom. The van der Waals surface area contributed by atoms with Crippen molar-refractivity contribution in [3.63, 3.8) is 0 Å². The third-order valence-corrected chi connectivity index (χ3v) is 6.99. The van der Waals surface area contributed by atoms with Gasteiger partial charge >= 0.3 is 0 Å². The van der Waals surface area contributed by atoms with E-state index in [2.05, 4.69) is 27.7 Å². The molecule has 3 fully saturated rings. The largest absolute Gasteiger partial charge is 0.328 e. The number of rotatable bonds is 2. The molecule has 4 unspecified atom stereocenters. The highest BCUT2D eigenvalue weighted by molar-refractivity contribution is 4.98. The second-order valence-electron chi connectivity index (χ2n) is 8.91. The van der Waals surface area contributed by atoms with Crippen LogP contribution in [0.5, 0.6) is 0 Å². The Labute approximate surface area is 127 Å². The topological polar surface area (TPSA) is 26.0 Å². The molecule has 1 heteroatoms. The van der Waals surface area contributed by atoms with Crippen molar-refractivity contribution in [2.75, 3.05) is 0 Å². The van der Waals surface area contributed by atoms with E-state index in [1.165, 1.54) is 70.6 Å². The minimum Gasteiger partial charge on any atom is -0.328 e. The molecule has 0 aromatic rings. The first-order chi connectivity index (χ1) is 9.33. The third-order valence-electron chi connectivity index (χ3n) is 6.99. The SMILES string of the molecule is CCCC1(C)CCCCC2(C)CCCC1(C)CC(N)C2. The van der Waals surface area contributed by atoms with E-state index in [1.54, 1.807) is 0 Å². The van der Waals surface area contributed by atoms with E-state index in [4.69, 9.17) is 5.73 Å². The fourth-order valence-electron chi connectivity index (χ4n) is 5.52. The van der Waals surface area contributed by atoms with E-state index < -0.39 is 0 Å². The average Bonchev–Trinajstić information content (AvgIpc) is 2.32. The molecule has 0 amide bonds. The molecule has 0 saturated heterocycles. The summed E-state index contributed by atoms with van der Waals surface area (Å²) in [6.45, 7) is 9.99. The zero-order valence-corrected chi connectivity index (χ0v) is 14.4. The lowest BCUT2D eigenvalue weighted by Crippen LogP contribution is -2.46. The van der Waals surface area contributed by atoms with Crippen LogP contribution >= 0.6 is 0 Å². The van der Waals surface area contributed by atoms with Crippen LogP contribution in [-0.2, 0) is 0 Å². The minimum absolute atomic E-state index is 0.416. The van der Waals surface area contributed by atoms with Gasteiger partial charge in [0.15, 0.2) is 0 Å². The molecule has 0 aromatic heterocycles. The van der Waals surface area contributed by atoms with Gasteiger partial charge in [-0.1, -0.05) is 53.4 Å². The Balaban J connectivity index is 2.31. The van der Waals surface area contributed by atoms with Crippen LogP contribution in [0.3, 0.4) is 0 Å². The van der Waals surface area contributed by atoms with Crippen molar-refractivity contribution in [2.45, 2.75) is 104 Å². The Kier molecular flexibility index (Phi) is 4.89. The minimum atomic E-state index is 0.416. The zero-order chi connectivity index (χ0) is 14.9. The fourth-order valence-corrected chi connectivity index (χ4v) is 5.52. The van der Waals surface area contributed by atoms with Crippen LogP contribution in [0.4, 0.5) is 0 Å². The smallest absolute Gasteiger partial charge is 0.00494 e. The van der Waals surface area contributed by atoms with Crippen molar-refractivity contribution in [2.24, 2.45) is 22.0 Å². The van der Waals surface area contributed by atoms with Gasteiger partial charge in [-0.3, -0.25) is 0 Å². The monoisotopic (exact) mass is 279 g/mol. The summed E-state index contributed by atoms with van der Waals surface area (Å²) >= 11 is 0. The molecular weight excluding hydrogens is 242 g/mol. The molecule has 3 aliphatic carbocycles. The summed E-state index contributed by atoms with van der Waals surface area (Å²) in [6, 6.07) is 0.416. The summed E-state index contributed by atoms with van der Waals surface area (Å²) in [5.41, 5.74) is 8.09. The molecule has 0 aliphatic heterocycles. The highest BCUT2D eigenvalue weighted by Crippen LogP contribution is 2.56. The summed E-state index contributed by atoms with van der Waals surface area (Å²) in [6.07, 6.45) is 15.1. The predicted octanol–water partition coefficient (Wildman–Crippen LogP) is 5.67. The van der Waals surface area contributed by atoms with Gasteiger partial charge < -0.3 is 5.73 Å². The van der Waals surface area contributed by atoms with Crippen molar-refractivity contribution in [3.8, 4) is 0 Å². The van der Waals surface area contributed by atoms with Crippen molar-refractivity contribution in [1.82, 2.24) is 0 Å². The Morgan fingerprint density at radius 2 is 1.55 bits per heavy atom. The highest BCUT2D eigenvalue weighted by Gasteiger charge is 2.46. The molecule has 0 radical (unpaired) electrons. The van der Waals surface area contributed by atoms with Gasteiger partial charge in [-0.25, -0.2) is 0 Å². The van der Waals surface area contributed by atoms with Crippen LogP contribution in [0, 0.1) is 16.2 Å². The van der Waals surface area contributed by atoms with E-state index in [0.717, 1.165) is 0 Å². The van der Waals surface area contributed by atoms with Crippen LogP contribution in [0.2, 0.25) is 0 Å². The molecule has 118 valence electrons. The summed E-state index contributed by atoms with van der Waals surface area (Å²) in [5, 5.41) is 0. The van der Waals surface area contributed by atoms with Gasteiger partial charge in [0.05, 0.1) is 0 Å². The molecular formula is C19H37N. The predicted molar refractivity (Wildman–Crippen MR) is 88.8 cm³/mol. The van der Waals surface area contributed by atoms with E-state index in [9.17, 15) is 0 Å². The molecule has 2 N–H and O–H groups in total. The summed E-state index contributed by atoms with van der Waals surface area (Å²) in [4.78, 5) is 0. The van der Waals surface area contributed by atoms with Gasteiger partial charge in [0.2, 0.25) is 0 Å². The maximum absolute atomic E-state index is 6.60. The lowest BCUT2D eigenvalue weighted by molar-refractivity contribution is -0.00734. The Bertz CT molecular complexity index is 326. The number of hydrogen-bond acceptors (Lipinski definition) is 1. The van der Waals surface area contributed by atoms with Crippen molar-refractivity contribution in [1.29, 1.82) is 0 Å². The van der Waals surface area contributed by atoms with Crippen molar-refractivity contribution >= 4 is 0 Å². The molecule has 2 bridgehead atoms. The maximum Gasteiger partial charge on any atom is 0.00494 e. The van der Waals surface area contributed by atoms with Gasteiger partial charge in [0.25, 0.3) is 0 Å². The molecule has 0 heterocycles. The van der Waals surface area contributed by atoms with E-state index in [1.807, 2.05) is 0 Å². The maximum atomic E-state index is 6.60. The quantitative estimate of drug-likeness (QED) is 0.692. The van der Waals surface area contributed by atoms with E-state index in [-0.39, 0.29) is 0 Å². The second kappa shape index (κ2) is 5.99. The normalized spacial score (nSPS) is 47.0. The first-order valence-electron chi connectivity index (χ1n) is 9.08. The molecule has 20 heavy (non-hydrogen) atoms. The molecule has 4 atom stereocenters. The van der Waals surface area contributed by atoms with Gasteiger partial charge in [0, 0.05) is 6.04 Å². The summed E-state index contributed by atoms with van der Waals surface area (Å²) in [7, 11) is 0. The van der Waals surface area contributed by atoms with Crippen molar-refractivity contribution < 1.29 is 0 Å². The Morgan fingerprint density at radius 3 is 2.25 bits per heavy atom. The fraction of sp³-hybridized carbons (Fsp3) is 1.00. The van der Waals surface area contributed by atoms with Gasteiger partial charge in [-0.05, 0) is 61.2 Å². The molecule has 3 saturated carbocycles. The van der Waals surface area contributed by atoms with E-state index >= 15 is 0 Å². The number of fused-ring (bicyclic) bond motifs is 8. The van der Waals surface area contributed by atoms with Gasteiger partial charge in [0.1, 0.15) is 0 Å². The van der Waals surface area contributed by atoms with E-state index in [0.29, 0.717) is 22.3 Å². The summed E-state index contributed by atoms with van der Waals surface area (Å²) < 4.78 is 0. The first-order valence-corrected chi connectivity index (χ1v) is 9.08. The third kappa shape index (κ3) is 3.24. The molecule has 3 rings (SSSR count). The highest BCUT2D eigenvalue weighted by atomic mass is 14.7. The molecule has 0 spiro atoms. The molecule has 1 nitrogen and oxygen atoms in total. The standard InChI is InChI=1S/C19H37N/c1-5-9-18(3)12-7-6-10-17(2)11-8-13-19(18,4)15-16(20)14-17/h16H,5-15,20H2,1-4H3. The average molecular weight is 280 g/mol. The van der Waals surface area contributed by atoms with Crippen LogP contribution in [-0.4, -0.2) is 6.04 Å². The van der Waals surface area contributed by atoms with Crippen LogP contribution in [0.1, 0.15) is 98.3 Å². The number of hydrogen-bond donors (Lipinski definition) is 1. The van der Waals surface area contributed by atoms with Gasteiger partial charge in [-0.2, -0.15) is 0 Å². The Hall–Kier alpha value is -0.0400. The van der Waals surface area contributed by atoms with Crippen LogP contribution in [0.25, 0.3) is 0 Å². The molecule has 0 aromatic carbocycles. The zero-order valence-electron chi connectivity index (χ0n) is 14.4. The summed E-state index contributed by atoms with van der Waals surface area (Å²) in [5.74, 6) is 0. The van der Waals surface area contributed by atoms with Gasteiger partial charge in [-0.15, -0.1) is 0 Å². The second-order valence-corrected chi connectivity index (χ2v) is 8.91. The van der Waals surface area contributed by atoms with Crippen LogP contribution < -0.4 is 5.73 Å². The van der Waals surface area contributed by atoms with Crippen molar-refractivity contribution in [3.05, 3.63) is 0 Å². The lowest BCUT2D eigenvalue weighted by Gasteiger charge is -2.52. The van der Waals surface area contributed by atoms with Crippen LogP contribution in [0.15, 0.2) is 0 Å². The first kappa shape index (κ1) is 16.3.